The van der Waals surface area contributed by atoms with Crippen LogP contribution in [0.4, 0.5) is 0 Å². The Bertz CT molecular complexity index is 1000. The van der Waals surface area contributed by atoms with E-state index in [0.29, 0.717) is 12.2 Å². The summed E-state index contributed by atoms with van der Waals surface area (Å²) in [5.74, 6) is 0.759. The van der Waals surface area contributed by atoms with E-state index in [4.69, 9.17) is 4.74 Å². The molecule has 1 saturated heterocycles. The maximum Gasteiger partial charge on any atom is 0.251 e. The third kappa shape index (κ3) is 3.98. The van der Waals surface area contributed by atoms with E-state index >= 15 is 0 Å². The molecule has 3 aromatic rings. The van der Waals surface area contributed by atoms with E-state index in [0.717, 1.165) is 53.8 Å². The highest BCUT2D eigenvalue weighted by Gasteiger charge is 2.30. The maximum absolute atomic E-state index is 11.8. The largest absolute Gasteiger partial charge is 0.492 e. The van der Waals surface area contributed by atoms with Crippen molar-refractivity contribution in [2.45, 2.75) is 19.8 Å². The summed E-state index contributed by atoms with van der Waals surface area (Å²) in [4.78, 5) is 21.9. The SMILES string of the molecule is CNC(=O)c1ccc(-c2c[nH]c3nccc(OCC4(C)CCN(C)CC4)c23)cc1. The number of aromatic amines is 1. The van der Waals surface area contributed by atoms with Crippen LogP contribution in [0.1, 0.15) is 30.1 Å². The number of carbonyl (C=O) groups is 1. The lowest BCUT2D eigenvalue weighted by atomic mass is 9.81. The van der Waals surface area contributed by atoms with E-state index in [1.807, 2.05) is 36.5 Å². The van der Waals surface area contributed by atoms with Gasteiger partial charge in [0.05, 0.1) is 12.0 Å². The number of piperidine rings is 1. The molecular weight excluding hydrogens is 364 g/mol. The second kappa shape index (κ2) is 7.87. The molecule has 3 heterocycles. The number of amides is 1. The number of hydrogen-bond acceptors (Lipinski definition) is 4. The average molecular weight is 393 g/mol. The van der Waals surface area contributed by atoms with Gasteiger partial charge in [-0.15, -0.1) is 0 Å². The summed E-state index contributed by atoms with van der Waals surface area (Å²) >= 11 is 0. The molecule has 2 aromatic heterocycles. The number of rotatable bonds is 5. The highest BCUT2D eigenvalue weighted by atomic mass is 16.5. The lowest BCUT2D eigenvalue weighted by Crippen LogP contribution is -2.39. The van der Waals surface area contributed by atoms with Gasteiger partial charge < -0.3 is 19.9 Å². The summed E-state index contributed by atoms with van der Waals surface area (Å²) < 4.78 is 6.35. The van der Waals surface area contributed by atoms with Gasteiger partial charge in [0.15, 0.2) is 0 Å². The molecule has 2 N–H and O–H groups in total. The molecule has 0 aliphatic carbocycles. The Morgan fingerprint density at radius 1 is 1.24 bits per heavy atom. The van der Waals surface area contributed by atoms with Gasteiger partial charge in [-0.05, 0) is 56.7 Å². The molecule has 4 rings (SSSR count). The predicted molar refractivity (Wildman–Crippen MR) is 115 cm³/mol. The predicted octanol–water partition coefficient (Wildman–Crippen LogP) is 3.70. The smallest absolute Gasteiger partial charge is 0.251 e. The van der Waals surface area contributed by atoms with Crippen LogP contribution in [0.3, 0.4) is 0 Å². The van der Waals surface area contributed by atoms with Crippen LogP contribution in [-0.2, 0) is 0 Å². The van der Waals surface area contributed by atoms with Gasteiger partial charge in [0, 0.05) is 36.0 Å². The fourth-order valence-electron chi connectivity index (χ4n) is 3.87. The fraction of sp³-hybridized carbons (Fsp3) is 0.391. The number of ether oxygens (including phenoxy) is 1. The van der Waals surface area contributed by atoms with Crippen LogP contribution in [-0.4, -0.2) is 54.6 Å². The van der Waals surface area contributed by atoms with Crippen LogP contribution in [0.2, 0.25) is 0 Å². The first-order valence-corrected chi connectivity index (χ1v) is 10.1. The number of hydrogen-bond donors (Lipinski definition) is 2. The molecule has 0 saturated carbocycles. The molecule has 1 aliphatic heterocycles. The topological polar surface area (TPSA) is 70.2 Å². The van der Waals surface area contributed by atoms with Crippen LogP contribution in [0.15, 0.2) is 42.7 Å². The molecule has 0 spiro atoms. The summed E-state index contributed by atoms with van der Waals surface area (Å²) in [6.07, 6.45) is 6.01. The van der Waals surface area contributed by atoms with Crippen molar-refractivity contribution in [3.63, 3.8) is 0 Å². The number of nitrogens with one attached hydrogen (secondary N) is 2. The molecule has 6 nitrogen and oxygen atoms in total. The molecule has 1 aromatic carbocycles. The van der Waals surface area contributed by atoms with E-state index in [1.54, 1.807) is 13.2 Å². The molecule has 0 atom stereocenters. The summed E-state index contributed by atoms with van der Waals surface area (Å²) in [6.45, 7) is 5.23. The molecule has 6 heteroatoms. The lowest BCUT2D eigenvalue weighted by molar-refractivity contribution is 0.0811. The van der Waals surface area contributed by atoms with Crippen LogP contribution >= 0.6 is 0 Å². The molecular formula is C23H28N4O2. The maximum atomic E-state index is 11.8. The Kier molecular flexibility index (Phi) is 5.28. The number of carbonyl (C=O) groups excluding carboxylic acids is 1. The second-order valence-corrected chi connectivity index (χ2v) is 8.29. The van der Waals surface area contributed by atoms with E-state index in [9.17, 15) is 4.79 Å². The molecule has 0 bridgehead atoms. The summed E-state index contributed by atoms with van der Waals surface area (Å²) in [5, 5.41) is 3.63. The number of pyridine rings is 1. The van der Waals surface area contributed by atoms with Crippen molar-refractivity contribution < 1.29 is 9.53 Å². The first-order valence-electron chi connectivity index (χ1n) is 10.1. The number of likely N-dealkylation sites (tertiary alicyclic amines) is 1. The van der Waals surface area contributed by atoms with Crippen molar-refractivity contribution in [3.8, 4) is 16.9 Å². The lowest BCUT2D eigenvalue weighted by Gasteiger charge is -2.37. The van der Waals surface area contributed by atoms with Gasteiger partial charge in [-0.1, -0.05) is 19.1 Å². The van der Waals surface area contributed by atoms with E-state index in [1.165, 1.54) is 0 Å². The average Bonchev–Trinajstić information content (AvgIpc) is 3.19. The molecule has 0 unspecified atom stereocenters. The van der Waals surface area contributed by atoms with E-state index in [2.05, 4.69) is 34.2 Å². The standard InChI is InChI=1S/C23H28N4O2/c1-23(9-12-27(3)13-10-23)15-29-19-8-11-25-21-20(19)18(14-26-21)16-4-6-17(7-5-16)22(28)24-2/h4-8,11,14H,9-10,12-13,15H2,1-3H3,(H,24,28)(H,25,26). The van der Waals surface area contributed by atoms with E-state index < -0.39 is 0 Å². The van der Waals surface area contributed by atoms with Crippen molar-refractivity contribution in [2.24, 2.45) is 5.41 Å². The van der Waals surface area contributed by atoms with Gasteiger partial charge in [0.1, 0.15) is 11.4 Å². The van der Waals surface area contributed by atoms with Crippen molar-refractivity contribution in [1.82, 2.24) is 20.2 Å². The van der Waals surface area contributed by atoms with Gasteiger partial charge in [-0.3, -0.25) is 4.79 Å². The van der Waals surface area contributed by atoms with Gasteiger partial charge in [-0.2, -0.15) is 0 Å². The minimum atomic E-state index is -0.0902. The first-order chi connectivity index (χ1) is 14.0. The van der Waals surface area contributed by atoms with Crippen LogP contribution in [0.25, 0.3) is 22.2 Å². The van der Waals surface area contributed by atoms with Crippen LogP contribution in [0, 0.1) is 5.41 Å². The third-order valence-electron chi connectivity index (χ3n) is 5.99. The van der Waals surface area contributed by atoms with Crippen LogP contribution in [0.5, 0.6) is 5.75 Å². The zero-order valence-corrected chi connectivity index (χ0v) is 17.3. The second-order valence-electron chi connectivity index (χ2n) is 8.29. The Morgan fingerprint density at radius 2 is 1.97 bits per heavy atom. The van der Waals surface area contributed by atoms with Gasteiger partial charge >= 0.3 is 0 Å². The van der Waals surface area contributed by atoms with Gasteiger partial charge in [0.2, 0.25) is 0 Å². The van der Waals surface area contributed by atoms with E-state index in [-0.39, 0.29) is 11.3 Å². The number of aromatic nitrogens is 2. The molecule has 1 amide bonds. The minimum absolute atomic E-state index is 0.0902. The summed E-state index contributed by atoms with van der Waals surface area (Å²) in [7, 11) is 3.81. The van der Waals surface area contributed by atoms with Crippen molar-refractivity contribution in [1.29, 1.82) is 0 Å². The van der Waals surface area contributed by atoms with Crippen molar-refractivity contribution >= 4 is 16.9 Å². The molecule has 29 heavy (non-hydrogen) atoms. The monoisotopic (exact) mass is 392 g/mol. The molecule has 1 aliphatic rings. The highest BCUT2D eigenvalue weighted by molar-refractivity contribution is 5.99. The van der Waals surface area contributed by atoms with Crippen molar-refractivity contribution in [3.05, 3.63) is 48.3 Å². The van der Waals surface area contributed by atoms with Gasteiger partial charge in [-0.25, -0.2) is 4.98 Å². The van der Waals surface area contributed by atoms with Gasteiger partial charge in [0.25, 0.3) is 5.91 Å². The zero-order valence-electron chi connectivity index (χ0n) is 17.3. The fourth-order valence-corrected chi connectivity index (χ4v) is 3.87. The quantitative estimate of drug-likeness (QED) is 0.695. The Balaban J connectivity index is 1.61. The number of nitrogens with zero attached hydrogens (tertiary/aromatic N) is 2. The minimum Gasteiger partial charge on any atom is -0.492 e. The Labute approximate surface area is 171 Å². The molecule has 1 fully saturated rings. The van der Waals surface area contributed by atoms with Crippen molar-refractivity contribution in [2.75, 3.05) is 33.8 Å². The Morgan fingerprint density at radius 3 is 2.66 bits per heavy atom. The molecule has 0 radical (unpaired) electrons. The number of fused-ring (bicyclic) bond motifs is 1. The number of H-pyrrole nitrogens is 1. The normalized spacial score (nSPS) is 16.7. The molecule has 152 valence electrons. The summed E-state index contributed by atoms with van der Waals surface area (Å²) in [5.41, 5.74) is 3.68. The summed E-state index contributed by atoms with van der Waals surface area (Å²) in [6, 6.07) is 9.54. The Hall–Kier alpha value is -2.86. The zero-order chi connectivity index (χ0) is 20.4. The van der Waals surface area contributed by atoms with Crippen LogP contribution < -0.4 is 10.1 Å². The highest BCUT2D eigenvalue weighted by Crippen LogP contribution is 2.37. The number of benzene rings is 1. The first kappa shape index (κ1) is 19.5. The third-order valence-corrected chi connectivity index (χ3v) is 5.99.